The van der Waals surface area contributed by atoms with E-state index in [0.717, 1.165) is 7.11 Å². The first-order chi connectivity index (χ1) is 21.8. The molecule has 222 valence electrons. The van der Waals surface area contributed by atoms with E-state index in [2.05, 4.69) is 23.7 Å². The van der Waals surface area contributed by atoms with Gasteiger partial charge in [0.2, 0.25) is 5.78 Å². The maximum Gasteiger partial charge on any atom is 0.321 e. The van der Waals surface area contributed by atoms with Crippen LogP contribution >= 0.6 is 0 Å². The highest BCUT2D eigenvalue weighted by Crippen LogP contribution is 2.47. The lowest BCUT2D eigenvalue weighted by Crippen LogP contribution is -2.41. The lowest BCUT2D eigenvalue weighted by molar-refractivity contribution is -0.158. The average Bonchev–Trinajstić information content (AvgIpc) is 3.07. The Balaban J connectivity index is 1.42. The Labute approximate surface area is 259 Å². The van der Waals surface area contributed by atoms with E-state index in [1.165, 1.54) is 0 Å². The molecule has 0 bridgehead atoms. The molecule has 2 heterocycles. The summed E-state index contributed by atoms with van der Waals surface area (Å²) in [5.74, 6) is 10.7. The van der Waals surface area contributed by atoms with Crippen molar-refractivity contribution in [2.24, 2.45) is 5.41 Å². The number of hydrogen-bond acceptors (Lipinski definition) is 8. The number of esters is 1. The van der Waals surface area contributed by atoms with Crippen molar-refractivity contribution in [3.63, 3.8) is 0 Å². The number of aliphatic hydroxyl groups is 2. The second-order valence-electron chi connectivity index (χ2n) is 10.6. The number of carbonyl (C=O) groups is 3. The number of fused-ring (bicyclic) bond motifs is 4. The second kappa shape index (κ2) is 11.4. The van der Waals surface area contributed by atoms with Crippen molar-refractivity contribution < 1.29 is 38.8 Å². The van der Waals surface area contributed by atoms with E-state index >= 15 is 0 Å². The van der Waals surface area contributed by atoms with Gasteiger partial charge in [-0.25, -0.2) is 0 Å². The van der Waals surface area contributed by atoms with Crippen molar-refractivity contribution in [1.29, 1.82) is 0 Å². The van der Waals surface area contributed by atoms with Crippen molar-refractivity contribution in [3.05, 3.63) is 119 Å². The first kappa shape index (κ1) is 29.4. The summed E-state index contributed by atoms with van der Waals surface area (Å²) in [6.07, 6.45) is -0.982. The van der Waals surface area contributed by atoms with Crippen LogP contribution in [0.25, 0.3) is 0 Å². The van der Waals surface area contributed by atoms with Crippen molar-refractivity contribution >= 4 is 18.0 Å². The molecule has 0 amide bonds. The SMILES string of the molecule is COC(=O)C(CC#CC1(O)c2ccccc2Oc2ccccc21)(CC#CC1(O)c2ccccc2Oc2ccccc21)C(=O)C=O. The highest BCUT2D eigenvalue weighted by Gasteiger charge is 2.47. The maximum atomic E-state index is 13.2. The predicted octanol–water partition coefficient (Wildman–Crippen LogP) is 4.78. The number of methoxy groups -OCH3 is 1. The Morgan fingerprint density at radius 1 is 0.689 bits per heavy atom. The van der Waals surface area contributed by atoms with Crippen LogP contribution < -0.4 is 9.47 Å². The van der Waals surface area contributed by atoms with Crippen molar-refractivity contribution in [3.8, 4) is 46.7 Å². The lowest BCUT2D eigenvalue weighted by Gasteiger charge is -2.32. The highest BCUT2D eigenvalue weighted by molar-refractivity contribution is 6.33. The third kappa shape index (κ3) is 4.83. The Bertz CT molecular complexity index is 1760. The molecule has 0 fully saturated rings. The molecule has 0 atom stereocenters. The van der Waals surface area contributed by atoms with Gasteiger partial charge in [0.25, 0.3) is 0 Å². The van der Waals surface area contributed by atoms with Crippen LogP contribution in [0.3, 0.4) is 0 Å². The van der Waals surface area contributed by atoms with Crippen molar-refractivity contribution in [2.75, 3.05) is 7.11 Å². The molecule has 0 spiro atoms. The minimum Gasteiger partial charge on any atom is -0.468 e. The number of aldehydes is 1. The molecule has 2 N–H and O–H groups in total. The molecule has 0 unspecified atom stereocenters. The Hall–Kier alpha value is -5.67. The first-order valence-corrected chi connectivity index (χ1v) is 14.0. The number of ketones is 1. The van der Waals surface area contributed by atoms with Crippen LogP contribution in [-0.4, -0.2) is 35.4 Å². The van der Waals surface area contributed by atoms with E-state index in [1.54, 1.807) is 97.1 Å². The van der Waals surface area contributed by atoms with Crippen LogP contribution in [0.2, 0.25) is 0 Å². The number of para-hydroxylation sites is 4. The summed E-state index contributed by atoms with van der Waals surface area (Å²) < 4.78 is 16.9. The van der Waals surface area contributed by atoms with Gasteiger partial charge in [-0.1, -0.05) is 96.5 Å². The molecule has 0 aromatic heterocycles. The number of hydrogen-bond donors (Lipinski definition) is 2. The van der Waals surface area contributed by atoms with Gasteiger partial charge >= 0.3 is 5.97 Å². The van der Waals surface area contributed by atoms with Gasteiger partial charge in [0.1, 0.15) is 23.0 Å². The van der Waals surface area contributed by atoms with E-state index in [-0.39, 0.29) is 6.29 Å². The quantitative estimate of drug-likeness (QED) is 0.111. The second-order valence-corrected chi connectivity index (χ2v) is 10.6. The summed E-state index contributed by atoms with van der Waals surface area (Å²) in [6, 6.07) is 27.4. The molecule has 8 nitrogen and oxygen atoms in total. The Morgan fingerprint density at radius 3 is 1.33 bits per heavy atom. The Morgan fingerprint density at radius 2 is 1.02 bits per heavy atom. The summed E-state index contributed by atoms with van der Waals surface area (Å²) in [5, 5.41) is 23.9. The summed E-state index contributed by atoms with van der Waals surface area (Å²) in [6.45, 7) is 0. The minimum atomic E-state index is -2.14. The highest BCUT2D eigenvalue weighted by atomic mass is 16.5. The van der Waals surface area contributed by atoms with Crippen LogP contribution in [0.5, 0.6) is 23.0 Å². The number of carbonyl (C=O) groups excluding carboxylic acids is 3. The minimum absolute atomic E-state index is 0.0296. The maximum absolute atomic E-state index is 13.2. The number of ether oxygens (including phenoxy) is 3. The molecule has 0 aliphatic carbocycles. The summed E-state index contributed by atoms with van der Waals surface area (Å²) in [4.78, 5) is 38.3. The molecule has 4 aromatic rings. The number of benzene rings is 4. The van der Waals surface area contributed by atoms with Crippen molar-refractivity contribution in [1.82, 2.24) is 0 Å². The fourth-order valence-corrected chi connectivity index (χ4v) is 5.65. The molecular weight excluding hydrogens is 572 g/mol. The fourth-order valence-electron chi connectivity index (χ4n) is 5.65. The van der Waals surface area contributed by atoms with E-state index in [0.29, 0.717) is 45.3 Å². The van der Waals surface area contributed by atoms with Crippen LogP contribution in [0.15, 0.2) is 97.1 Å². The molecule has 0 radical (unpaired) electrons. The first-order valence-electron chi connectivity index (χ1n) is 14.0. The predicted molar refractivity (Wildman–Crippen MR) is 162 cm³/mol. The van der Waals surface area contributed by atoms with Gasteiger partial charge in [-0.15, -0.1) is 0 Å². The normalized spacial score (nSPS) is 14.5. The summed E-state index contributed by atoms with van der Waals surface area (Å²) in [7, 11) is 1.09. The molecule has 8 heteroatoms. The van der Waals surface area contributed by atoms with Gasteiger partial charge in [0.15, 0.2) is 22.9 Å². The van der Waals surface area contributed by atoms with Crippen molar-refractivity contribution in [2.45, 2.75) is 24.0 Å². The van der Waals surface area contributed by atoms with Crippen LogP contribution in [-0.2, 0) is 30.3 Å². The van der Waals surface area contributed by atoms with Gasteiger partial charge in [0.05, 0.1) is 7.11 Å². The molecule has 0 saturated carbocycles. The van der Waals surface area contributed by atoms with Gasteiger partial charge < -0.3 is 24.4 Å². The molecule has 0 saturated heterocycles. The zero-order chi connectivity index (χ0) is 31.7. The summed E-state index contributed by atoms with van der Waals surface area (Å²) >= 11 is 0. The molecular formula is C37H26O8. The molecule has 2 aliphatic heterocycles. The van der Waals surface area contributed by atoms with E-state index < -0.39 is 41.2 Å². The topological polar surface area (TPSA) is 119 Å². The van der Waals surface area contributed by atoms with Gasteiger partial charge in [0, 0.05) is 35.1 Å². The lowest BCUT2D eigenvalue weighted by atomic mass is 9.76. The zero-order valence-electron chi connectivity index (χ0n) is 24.1. The van der Waals surface area contributed by atoms with E-state index in [9.17, 15) is 24.6 Å². The smallest absolute Gasteiger partial charge is 0.321 e. The Kier molecular flexibility index (Phi) is 7.48. The number of Topliss-reactive ketones (excluding diaryl/α,β-unsaturated/α-hetero) is 1. The molecule has 2 aliphatic rings. The average molecular weight is 599 g/mol. The van der Waals surface area contributed by atoms with Crippen LogP contribution in [0.1, 0.15) is 35.1 Å². The fraction of sp³-hybridized carbons (Fsp3) is 0.162. The van der Waals surface area contributed by atoms with E-state index in [4.69, 9.17) is 14.2 Å². The van der Waals surface area contributed by atoms with Gasteiger partial charge in [-0.2, -0.15) is 0 Å². The number of rotatable bonds is 5. The monoisotopic (exact) mass is 598 g/mol. The zero-order valence-corrected chi connectivity index (χ0v) is 24.1. The summed E-state index contributed by atoms with van der Waals surface area (Å²) in [5.41, 5.74) is -4.35. The largest absolute Gasteiger partial charge is 0.468 e. The molecule has 6 rings (SSSR count). The standard InChI is InChI=1S/C37H26O8/c1-43-34(40)35(33(39)24-38,20-10-22-36(41)25-12-2-6-16-29(25)44-30-17-7-3-13-26(30)36)21-11-23-37(42)27-14-4-8-18-31(27)45-32-19-9-5-15-28(32)37/h2-9,12-19,24,41-42H,20-21H2,1H3. The van der Waals surface area contributed by atoms with E-state index in [1.807, 2.05) is 0 Å². The third-order valence-corrected chi connectivity index (χ3v) is 8.02. The molecule has 45 heavy (non-hydrogen) atoms. The molecule has 4 aromatic carbocycles. The third-order valence-electron chi connectivity index (χ3n) is 8.02. The van der Waals surface area contributed by atoms with Gasteiger partial charge in [-0.3, -0.25) is 14.4 Å². The van der Waals surface area contributed by atoms with Crippen LogP contribution in [0.4, 0.5) is 0 Å². The van der Waals surface area contributed by atoms with Crippen LogP contribution in [0, 0.1) is 29.1 Å². The van der Waals surface area contributed by atoms with Gasteiger partial charge in [-0.05, 0) is 24.3 Å².